The predicted octanol–water partition coefficient (Wildman–Crippen LogP) is 17.7. The van der Waals surface area contributed by atoms with Gasteiger partial charge in [0.2, 0.25) is 0 Å². The summed E-state index contributed by atoms with van der Waals surface area (Å²) in [6.07, 6.45) is 0. The molecule has 12 aromatic rings. The monoisotopic (exact) mass is 840 g/mol. The summed E-state index contributed by atoms with van der Waals surface area (Å²) in [6, 6.07) is 96.6. The van der Waals surface area contributed by atoms with Gasteiger partial charge in [-0.2, -0.15) is 0 Å². The maximum atomic E-state index is 2.38. The highest BCUT2D eigenvalue weighted by Gasteiger charge is 2.17. The fourth-order valence-electron chi connectivity index (χ4n) is 9.86. The molecule has 12 rings (SSSR count). The topological polar surface area (TPSA) is 8.17 Å². The Labute approximate surface area is 385 Å². The van der Waals surface area contributed by atoms with E-state index < -0.39 is 0 Å². The third-order valence-electron chi connectivity index (χ3n) is 13.0. The van der Waals surface area contributed by atoms with Gasteiger partial charge in [-0.25, -0.2) is 0 Å². The number of hydrogen-bond acceptors (Lipinski definition) is 1. The molecule has 2 heteroatoms. The van der Waals surface area contributed by atoms with Gasteiger partial charge in [-0.15, -0.1) is 0 Å². The van der Waals surface area contributed by atoms with Crippen molar-refractivity contribution in [2.24, 2.45) is 0 Å². The smallest absolute Gasteiger partial charge is 0.0541 e. The van der Waals surface area contributed by atoms with E-state index in [-0.39, 0.29) is 0 Å². The van der Waals surface area contributed by atoms with E-state index in [2.05, 4.69) is 276 Å². The molecule has 0 saturated carbocycles. The van der Waals surface area contributed by atoms with Crippen LogP contribution < -0.4 is 4.90 Å². The van der Waals surface area contributed by atoms with Crippen LogP contribution in [0.4, 0.5) is 17.1 Å². The van der Waals surface area contributed by atoms with Crippen LogP contribution in [0.5, 0.6) is 0 Å². The Morgan fingerprint density at radius 3 is 1.24 bits per heavy atom. The number of aromatic nitrogens is 1. The molecule has 11 aromatic carbocycles. The first-order valence-electron chi connectivity index (χ1n) is 22.7. The lowest BCUT2D eigenvalue weighted by Gasteiger charge is -2.26. The second-order valence-electron chi connectivity index (χ2n) is 16.9. The summed E-state index contributed by atoms with van der Waals surface area (Å²) in [5, 5.41) is 4.98. The number of rotatable bonds is 9. The van der Waals surface area contributed by atoms with Crippen molar-refractivity contribution >= 4 is 49.6 Å². The van der Waals surface area contributed by atoms with Crippen LogP contribution in [0.3, 0.4) is 0 Å². The molecule has 66 heavy (non-hydrogen) atoms. The zero-order valence-electron chi connectivity index (χ0n) is 36.3. The summed E-state index contributed by atoms with van der Waals surface area (Å²) in [5.74, 6) is 0. The fourth-order valence-corrected chi connectivity index (χ4v) is 9.86. The van der Waals surface area contributed by atoms with Gasteiger partial charge in [0.25, 0.3) is 0 Å². The van der Waals surface area contributed by atoms with Crippen molar-refractivity contribution < 1.29 is 0 Å². The van der Waals surface area contributed by atoms with Crippen LogP contribution in [-0.2, 0) is 0 Å². The fraction of sp³-hybridized carbons (Fsp3) is 0. The van der Waals surface area contributed by atoms with E-state index in [1.807, 2.05) is 0 Å². The lowest BCUT2D eigenvalue weighted by Crippen LogP contribution is -2.09. The minimum Gasteiger partial charge on any atom is -0.311 e. The molecule has 0 aliphatic carbocycles. The van der Waals surface area contributed by atoms with E-state index in [4.69, 9.17) is 0 Å². The van der Waals surface area contributed by atoms with Gasteiger partial charge in [-0.3, -0.25) is 0 Å². The number of nitrogens with zero attached hydrogens (tertiary/aromatic N) is 2. The van der Waals surface area contributed by atoms with Crippen molar-refractivity contribution in [2.45, 2.75) is 0 Å². The van der Waals surface area contributed by atoms with Crippen LogP contribution in [0.25, 0.3) is 93.9 Å². The molecular formula is C64H44N2. The number of anilines is 3. The highest BCUT2D eigenvalue weighted by Crippen LogP contribution is 2.42. The zero-order chi connectivity index (χ0) is 43.8. The molecule has 2 nitrogen and oxygen atoms in total. The Kier molecular flexibility index (Phi) is 9.89. The van der Waals surface area contributed by atoms with E-state index in [1.165, 1.54) is 93.9 Å². The average molecular weight is 841 g/mol. The van der Waals surface area contributed by atoms with E-state index in [1.54, 1.807) is 0 Å². The van der Waals surface area contributed by atoms with Gasteiger partial charge in [-0.1, -0.05) is 200 Å². The second kappa shape index (κ2) is 16.8. The summed E-state index contributed by atoms with van der Waals surface area (Å²) >= 11 is 0. The normalized spacial score (nSPS) is 11.3. The first-order chi connectivity index (χ1) is 32.7. The van der Waals surface area contributed by atoms with E-state index in [0.717, 1.165) is 17.1 Å². The minimum absolute atomic E-state index is 1.10. The summed E-state index contributed by atoms with van der Waals surface area (Å²) in [7, 11) is 0. The van der Waals surface area contributed by atoms with Crippen molar-refractivity contribution in [3.05, 3.63) is 267 Å². The molecule has 1 aromatic heterocycles. The lowest BCUT2D eigenvalue weighted by atomic mass is 9.91. The second-order valence-corrected chi connectivity index (χ2v) is 16.9. The third kappa shape index (κ3) is 7.02. The molecule has 0 aliphatic heterocycles. The molecule has 0 unspecified atom stereocenters. The van der Waals surface area contributed by atoms with Crippen LogP contribution >= 0.6 is 0 Å². The molecule has 0 atom stereocenters. The van der Waals surface area contributed by atoms with Gasteiger partial charge >= 0.3 is 0 Å². The zero-order valence-corrected chi connectivity index (χ0v) is 36.3. The molecule has 0 aliphatic rings. The van der Waals surface area contributed by atoms with Crippen molar-refractivity contribution in [1.29, 1.82) is 0 Å². The molecule has 0 amide bonds. The Morgan fingerprint density at radius 2 is 0.621 bits per heavy atom. The maximum Gasteiger partial charge on any atom is 0.0541 e. The van der Waals surface area contributed by atoms with Crippen molar-refractivity contribution in [2.75, 3.05) is 4.90 Å². The number of benzene rings is 11. The molecule has 310 valence electrons. The Bertz CT molecular complexity index is 3650. The Balaban J connectivity index is 0.855. The standard InChI is InChI=1S/C64H44N2/c1-4-16-47(17-5-1)55-22-10-11-23-56(55)48-30-28-45(29-31-48)46-32-37-53(38-33-46)65(51-18-6-2-7-19-51)54-39-34-49(35-40-54)57-41-42-58(60-25-13-12-24-59(57)60)50-36-43-64-62(44-50)61-26-14-15-27-63(61)66(64)52-20-8-3-9-21-52/h1-44H. The Morgan fingerprint density at radius 1 is 0.227 bits per heavy atom. The maximum absolute atomic E-state index is 2.38. The van der Waals surface area contributed by atoms with Crippen LogP contribution in [0, 0.1) is 0 Å². The van der Waals surface area contributed by atoms with Gasteiger partial charge in [0, 0.05) is 33.5 Å². The minimum atomic E-state index is 1.10. The van der Waals surface area contributed by atoms with Gasteiger partial charge < -0.3 is 9.47 Å². The number of fused-ring (bicyclic) bond motifs is 4. The van der Waals surface area contributed by atoms with Crippen LogP contribution in [-0.4, -0.2) is 4.57 Å². The SMILES string of the molecule is c1ccc(-c2ccccc2-c2ccc(-c3ccc(N(c4ccccc4)c4ccc(-c5ccc(-c6ccc7c(c6)c6ccccc6n7-c6ccccc6)c6ccccc56)cc4)cc3)cc2)cc1. The van der Waals surface area contributed by atoms with Crippen molar-refractivity contribution in [1.82, 2.24) is 4.57 Å². The molecule has 0 radical (unpaired) electrons. The summed E-state index contributed by atoms with van der Waals surface area (Å²) in [5.41, 5.74) is 19.0. The molecule has 0 saturated heterocycles. The molecule has 1 heterocycles. The van der Waals surface area contributed by atoms with Crippen molar-refractivity contribution in [3.63, 3.8) is 0 Å². The van der Waals surface area contributed by atoms with Crippen LogP contribution in [0.2, 0.25) is 0 Å². The number of hydrogen-bond donors (Lipinski definition) is 0. The van der Waals surface area contributed by atoms with E-state index in [9.17, 15) is 0 Å². The van der Waals surface area contributed by atoms with Gasteiger partial charge in [0.05, 0.1) is 11.0 Å². The average Bonchev–Trinajstić information content (AvgIpc) is 3.73. The van der Waals surface area contributed by atoms with Gasteiger partial charge in [-0.05, 0) is 133 Å². The van der Waals surface area contributed by atoms with E-state index >= 15 is 0 Å². The van der Waals surface area contributed by atoms with Gasteiger partial charge in [0.15, 0.2) is 0 Å². The molecular weight excluding hydrogens is 797 g/mol. The van der Waals surface area contributed by atoms with Gasteiger partial charge in [0.1, 0.15) is 0 Å². The highest BCUT2D eigenvalue weighted by atomic mass is 15.1. The largest absolute Gasteiger partial charge is 0.311 e. The first-order valence-corrected chi connectivity index (χ1v) is 22.7. The van der Waals surface area contributed by atoms with Crippen LogP contribution in [0.1, 0.15) is 0 Å². The molecule has 0 N–H and O–H groups in total. The van der Waals surface area contributed by atoms with Crippen molar-refractivity contribution in [3.8, 4) is 61.3 Å². The number of para-hydroxylation sites is 3. The quantitative estimate of drug-likeness (QED) is 0.141. The molecule has 0 fully saturated rings. The molecule has 0 spiro atoms. The predicted molar refractivity (Wildman–Crippen MR) is 280 cm³/mol. The lowest BCUT2D eigenvalue weighted by molar-refractivity contribution is 1.18. The first kappa shape index (κ1) is 38.9. The summed E-state index contributed by atoms with van der Waals surface area (Å²) < 4.78 is 2.38. The molecule has 0 bridgehead atoms. The highest BCUT2D eigenvalue weighted by molar-refractivity contribution is 6.12. The van der Waals surface area contributed by atoms with Crippen LogP contribution in [0.15, 0.2) is 267 Å². The third-order valence-corrected chi connectivity index (χ3v) is 13.0. The summed E-state index contributed by atoms with van der Waals surface area (Å²) in [6.45, 7) is 0. The summed E-state index contributed by atoms with van der Waals surface area (Å²) in [4.78, 5) is 2.34. The Hall–Kier alpha value is -8.72. The van der Waals surface area contributed by atoms with E-state index in [0.29, 0.717) is 0 Å².